The number of hydrogen-bond acceptors (Lipinski definition) is 5. The van der Waals surface area contributed by atoms with Crippen LogP contribution in [-0.4, -0.2) is 40.4 Å². The molecular formula is C23H22F3N3O3. The number of ether oxygens (including phenoxy) is 1. The molecule has 6 nitrogen and oxygen atoms in total. The van der Waals surface area contributed by atoms with Crippen molar-refractivity contribution in [2.45, 2.75) is 32.5 Å². The molecule has 1 aliphatic rings. The minimum atomic E-state index is -4.87. The lowest BCUT2D eigenvalue weighted by atomic mass is 9.94. The summed E-state index contributed by atoms with van der Waals surface area (Å²) < 4.78 is 47.6. The number of hydrogen-bond donors (Lipinski definition) is 0. The number of alkyl halides is 3. The predicted molar refractivity (Wildman–Crippen MR) is 110 cm³/mol. The molecule has 0 saturated carbocycles. The number of aromatic nitrogens is 2. The van der Waals surface area contributed by atoms with Crippen LogP contribution in [0.2, 0.25) is 0 Å². The fourth-order valence-electron chi connectivity index (χ4n) is 3.96. The van der Waals surface area contributed by atoms with E-state index in [-0.39, 0.29) is 11.5 Å². The molecule has 1 atom stereocenters. The first-order valence-electron chi connectivity index (χ1n) is 10.3. The van der Waals surface area contributed by atoms with Gasteiger partial charge in [0.05, 0.1) is 5.56 Å². The van der Waals surface area contributed by atoms with Gasteiger partial charge < -0.3 is 14.2 Å². The van der Waals surface area contributed by atoms with Crippen molar-refractivity contribution in [2.24, 2.45) is 5.92 Å². The summed E-state index contributed by atoms with van der Waals surface area (Å²) in [4.78, 5) is 19.0. The molecule has 0 spiro atoms. The molecule has 32 heavy (non-hydrogen) atoms. The first-order valence-corrected chi connectivity index (χ1v) is 10.3. The average molecular weight is 445 g/mol. The van der Waals surface area contributed by atoms with Crippen LogP contribution < -0.4 is 4.74 Å². The number of halogens is 3. The van der Waals surface area contributed by atoms with Gasteiger partial charge in [-0.25, -0.2) is 0 Å². The van der Waals surface area contributed by atoms with Crippen molar-refractivity contribution in [1.29, 1.82) is 0 Å². The lowest BCUT2D eigenvalue weighted by Gasteiger charge is -2.32. The largest absolute Gasteiger partial charge is 0.573 e. The van der Waals surface area contributed by atoms with E-state index in [9.17, 15) is 18.0 Å². The van der Waals surface area contributed by atoms with Gasteiger partial charge in [0.15, 0.2) is 0 Å². The third kappa shape index (κ3) is 5.09. The molecule has 3 aromatic rings. The summed E-state index contributed by atoms with van der Waals surface area (Å²) in [6.45, 7) is 2.82. The first kappa shape index (κ1) is 21.9. The van der Waals surface area contributed by atoms with Crippen molar-refractivity contribution in [3.05, 3.63) is 65.5 Å². The van der Waals surface area contributed by atoms with E-state index >= 15 is 0 Å². The predicted octanol–water partition coefficient (Wildman–Crippen LogP) is 5.04. The Labute approximate surface area is 183 Å². The monoisotopic (exact) mass is 445 g/mol. The third-order valence-corrected chi connectivity index (χ3v) is 5.47. The van der Waals surface area contributed by atoms with Gasteiger partial charge in [-0.15, -0.1) is 13.2 Å². The van der Waals surface area contributed by atoms with Crippen molar-refractivity contribution in [3.8, 4) is 17.1 Å². The van der Waals surface area contributed by atoms with E-state index in [2.05, 4.69) is 14.9 Å². The van der Waals surface area contributed by atoms with Gasteiger partial charge in [-0.1, -0.05) is 41.6 Å². The van der Waals surface area contributed by atoms with Crippen molar-refractivity contribution in [3.63, 3.8) is 0 Å². The highest BCUT2D eigenvalue weighted by Gasteiger charge is 2.34. The summed E-state index contributed by atoms with van der Waals surface area (Å²) in [6.07, 6.45) is -2.79. The number of carbonyl (C=O) groups excluding carboxylic acids is 1. The Kier molecular flexibility index (Phi) is 6.16. The topological polar surface area (TPSA) is 68.5 Å². The van der Waals surface area contributed by atoms with Crippen LogP contribution in [0.1, 0.15) is 34.7 Å². The number of para-hydroxylation sites is 1. The lowest BCUT2D eigenvalue weighted by Crippen LogP contribution is -2.40. The van der Waals surface area contributed by atoms with Crippen molar-refractivity contribution in [2.75, 3.05) is 13.1 Å². The third-order valence-electron chi connectivity index (χ3n) is 5.47. The summed E-state index contributed by atoms with van der Waals surface area (Å²) in [5.74, 6) is 0.0737. The highest BCUT2D eigenvalue weighted by Crippen LogP contribution is 2.29. The second-order valence-corrected chi connectivity index (χ2v) is 7.83. The Bertz CT molecular complexity index is 1100. The van der Waals surface area contributed by atoms with Crippen LogP contribution in [-0.2, 0) is 6.42 Å². The second kappa shape index (κ2) is 9.02. The molecule has 1 amide bonds. The van der Waals surface area contributed by atoms with Gasteiger partial charge >= 0.3 is 6.36 Å². The van der Waals surface area contributed by atoms with Crippen molar-refractivity contribution < 1.29 is 27.2 Å². The van der Waals surface area contributed by atoms with E-state index in [1.54, 1.807) is 4.90 Å². The zero-order valence-electron chi connectivity index (χ0n) is 17.4. The Morgan fingerprint density at radius 3 is 2.72 bits per heavy atom. The Morgan fingerprint density at radius 1 is 1.19 bits per heavy atom. The van der Waals surface area contributed by atoms with Crippen LogP contribution in [0.25, 0.3) is 11.4 Å². The molecule has 0 unspecified atom stereocenters. The zero-order valence-corrected chi connectivity index (χ0v) is 17.4. The molecule has 0 aliphatic carbocycles. The molecule has 1 fully saturated rings. The molecule has 1 saturated heterocycles. The summed E-state index contributed by atoms with van der Waals surface area (Å²) in [5.41, 5.74) is 1.82. The number of amides is 1. The van der Waals surface area contributed by atoms with Crippen LogP contribution >= 0.6 is 0 Å². The van der Waals surface area contributed by atoms with E-state index in [1.165, 1.54) is 18.2 Å². The molecule has 1 aliphatic heterocycles. The molecule has 4 rings (SSSR count). The molecule has 168 valence electrons. The highest BCUT2D eigenvalue weighted by atomic mass is 19.4. The van der Waals surface area contributed by atoms with Crippen LogP contribution in [0.4, 0.5) is 13.2 Å². The van der Waals surface area contributed by atoms with Crippen molar-refractivity contribution >= 4 is 5.91 Å². The van der Waals surface area contributed by atoms with Crippen LogP contribution in [0.3, 0.4) is 0 Å². The summed E-state index contributed by atoms with van der Waals surface area (Å²) in [7, 11) is 0. The smallest absolute Gasteiger partial charge is 0.405 e. The maximum absolute atomic E-state index is 13.0. The molecule has 2 aromatic carbocycles. The number of nitrogens with zero attached hydrogens (tertiary/aromatic N) is 3. The summed E-state index contributed by atoms with van der Waals surface area (Å²) in [5, 5.41) is 4.07. The Hall–Kier alpha value is -3.36. The standard InChI is InChI=1S/C23H22F3N3O3/c1-15-7-2-3-9-17(15)21-27-20(32-28-21)13-16-8-6-12-29(14-16)22(30)18-10-4-5-11-19(18)31-23(24,25)26/h2-5,7,9-11,16H,6,8,12-14H2,1H3/t16-/m1/s1. The van der Waals surface area contributed by atoms with E-state index in [1.807, 2.05) is 31.2 Å². The number of benzene rings is 2. The van der Waals surface area contributed by atoms with Gasteiger partial charge in [0, 0.05) is 25.1 Å². The van der Waals surface area contributed by atoms with Crippen LogP contribution in [0.5, 0.6) is 5.75 Å². The minimum absolute atomic E-state index is 0.0635. The fourth-order valence-corrected chi connectivity index (χ4v) is 3.96. The molecule has 0 radical (unpaired) electrons. The molecule has 2 heterocycles. The number of rotatable bonds is 5. The van der Waals surface area contributed by atoms with Gasteiger partial charge in [0.25, 0.3) is 5.91 Å². The lowest BCUT2D eigenvalue weighted by molar-refractivity contribution is -0.274. The fraction of sp³-hybridized carbons (Fsp3) is 0.348. The highest BCUT2D eigenvalue weighted by molar-refractivity contribution is 5.97. The molecule has 0 bridgehead atoms. The summed E-state index contributed by atoms with van der Waals surface area (Å²) >= 11 is 0. The average Bonchev–Trinajstić information content (AvgIpc) is 3.21. The minimum Gasteiger partial charge on any atom is -0.405 e. The zero-order chi connectivity index (χ0) is 22.7. The van der Waals surface area contributed by atoms with E-state index in [4.69, 9.17) is 4.52 Å². The Balaban J connectivity index is 1.45. The van der Waals surface area contributed by atoms with Gasteiger partial charge in [-0.05, 0) is 43.4 Å². The van der Waals surface area contributed by atoms with Crippen LogP contribution in [0, 0.1) is 12.8 Å². The van der Waals surface area contributed by atoms with E-state index < -0.39 is 18.0 Å². The quantitative estimate of drug-likeness (QED) is 0.551. The number of aryl methyl sites for hydroxylation is 1. The molecule has 1 aromatic heterocycles. The first-order chi connectivity index (χ1) is 15.3. The number of likely N-dealkylation sites (tertiary alicyclic amines) is 1. The summed E-state index contributed by atoms with van der Waals surface area (Å²) in [6, 6.07) is 13.1. The SMILES string of the molecule is Cc1ccccc1-c1noc(C[C@H]2CCCN(C(=O)c3ccccc3OC(F)(F)F)C2)n1. The molecular weight excluding hydrogens is 423 g/mol. The van der Waals surface area contributed by atoms with E-state index in [0.29, 0.717) is 31.2 Å². The number of piperidine rings is 1. The van der Waals surface area contributed by atoms with Crippen molar-refractivity contribution in [1.82, 2.24) is 15.0 Å². The van der Waals surface area contributed by atoms with Crippen LogP contribution in [0.15, 0.2) is 53.1 Å². The maximum atomic E-state index is 13.0. The van der Waals surface area contributed by atoms with Gasteiger partial charge in [0.1, 0.15) is 5.75 Å². The normalized spacial score (nSPS) is 16.8. The number of carbonyl (C=O) groups is 1. The molecule has 0 N–H and O–H groups in total. The Morgan fingerprint density at radius 2 is 1.94 bits per heavy atom. The van der Waals surface area contributed by atoms with E-state index in [0.717, 1.165) is 30.0 Å². The molecule has 9 heteroatoms. The van der Waals surface area contributed by atoms with Gasteiger partial charge in [0.2, 0.25) is 11.7 Å². The second-order valence-electron chi connectivity index (χ2n) is 7.83. The van der Waals surface area contributed by atoms with Gasteiger partial charge in [-0.3, -0.25) is 4.79 Å². The van der Waals surface area contributed by atoms with Gasteiger partial charge in [-0.2, -0.15) is 4.98 Å². The maximum Gasteiger partial charge on any atom is 0.573 e.